The summed E-state index contributed by atoms with van der Waals surface area (Å²) >= 11 is 1.48. The van der Waals surface area contributed by atoms with Gasteiger partial charge in [-0.15, -0.1) is 5.10 Å². The first-order chi connectivity index (χ1) is 10.8. The third-order valence-electron chi connectivity index (χ3n) is 5.38. The van der Waals surface area contributed by atoms with Gasteiger partial charge >= 0.3 is 0 Å². The summed E-state index contributed by atoms with van der Waals surface area (Å²) in [5, 5.41) is 4.24. The SMILES string of the molecule is CCN1CCN(CC(=O)N2[C@H]3CC[C@@H]2c2snnc2C3)CC1. The van der Waals surface area contributed by atoms with Crippen molar-refractivity contribution in [2.45, 2.75) is 38.3 Å². The molecule has 0 spiro atoms. The lowest BCUT2D eigenvalue weighted by Crippen LogP contribution is -2.51. The summed E-state index contributed by atoms with van der Waals surface area (Å²) in [6, 6.07) is 0.601. The van der Waals surface area contributed by atoms with Crippen LogP contribution in [-0.2, 0) is 11.2 Å². The van der Waals surface area contributed by atoms with Gasteiger partial charge in [0.1, 0.15) is 0 Å². The third kappa shape index (κ3) is 2.45. The fourth-order valence-corrected chi connectivity index (χ4v) is 4.90. The predicted octanol–water partition coefficient (Wildman–Crippen LogP) is 0.764. The molecule has 3 aliphatic rings. The number of hydrogen-bond donors (Lipinski definition) is 0. The summed E-state index contributed by atoms with van der Waals surface area (Å²) in [4.78, 5) is 21.0. The zero-order valence-electron chi connectivity index (χ0n) is 13.1. The number of piperazine rings is 1. The monoisotopic (exact) mass is 321 g/mol. The molecule has 0 N–H and O–H groups in total. The zero-order chi connectivity index (χ0) is 15.1. The minimum Gasteiger partial charge on any atom is -0.330 e. The third-order valence-corrected chi connectivity index (χ3v) is 6.25. The van der Waals surface area contributed by atoms with Gasteiger partial charge in [0.05, 0.1) is 23.2 Å². The van der Waals surface area contributed by atoms with E-state index < -0.39 is 0 Å². The fourth-order valence-electron chi connectivity index (χ4n) is 4.09. The quantitative estimate of drug-likeness (QED) is 0.823. The molecule has 6 nitrogen and oxygen atoms in total. The van der Waals surface area contributed by atoms with E-state index in [2.05, 4.69) is 31.2 Å². The van der Waals surface area contributed by atoms with Gasteiger partial charge in [-0.1, -0.05) is 11.4 Å². The molecule has 2 fully saturated rings. The lowest BCUT2D eigenvalue weighted by Gasteiger charge is -2.37. The van der Waals surface area contributed by atoms with E-state index in [4.69, 9.17) is 0 Å². The number of likely N-dealkylation sites (N-methyl/N-ethyl adjacent to an activating group) is 1. The first-order valence-electron chi connectivity index (χ1n) is 8.33. The second kappa shape index (κ2) is 5.86. The maximum atomic E-state index is 12.8. The molecule has 1 amide bonds. The highest BCUT2D eigenvalue weighted by Gasteiger charge is 2.44. The lowest BCUT2D eigenvalue weighted by atomic mass is 10.1. The Kier molecular flexibility index (Phi) is 3.88. The van der Waals surface area contributed by atoms with Crippen molar-refractivity contribution in [1.29, 1.82) is 0 Å². The van der Waals surface area contributed by atoms with E-state index in [9.17, 15) is 4.79 Å². The highest BCUT2D eigenvalue weighted by atomic mass is 32.1. The molecule has 3 aliphatic heterocycles. The van der Waals surface area contributed by atoms with Crippen molar-refractivity contribution in [3.8, 4) is 0 Å². The average molecular weight is 321 g/mol. The summed E-state index contributed by atoms with van der Waals surface area (Å²) in [5.41, 5.74) is 1.14. The number of fused-ring (bicyclic) bond motifs is 4. The summed E-state index contributed by atoms with van der Waals surface area (Å²) in [5.74, 6) is 0.302. The second-order valence-electron chi connectivity index (χ2n) is 6.55. The second-order valence-corrected chi connectivity index (χ2v) is 7.33. The lowest BCUT2D eigenvalue weighted by molar-refractivity contribution is -0.136. The number of carbonyl (C=O) groups excluding carboxylic acids is 1. The van der Waals surface area contributed by atoms with Crippen LogP contribution < -0.4 is 0 Å². The first-order valence-corrected chi connectivity index (χ1v) is 9.10. The van der Waals surface area contributed by atoms with Crippen LogP contribution in [0.3, 0.4) is 0 Å². The molecule has 0 aromatic carbocycles. The van der Waals surface area contributed by atoms with E-state index >= 15 is 0 Å². The molecule has 22 heavy (non-hydrogen) atoms. The number of hydrogen-bond acceptors (Lipinski definition) is 6. The Morgan fingerprint density at radius 1 is 1.23 bits per heavy atom. The van der Waals surface area contributed by atoms with Crippen LogP contribution in [0, 0.1) is 0 Å². The first kappa shape index (κ1) is 14.5. The van der Waals surface area contributed by atoms with Crippen LogP contribution in [0.5, 0.6) is 0 Å². The molecule has 120 valence electrons. The number of rotatable bonds is 3. The van der Waals surface area contributed by atoms with E-state index in [0.717, 1.165) is 57.7 Å². The fraction of sp³-hybridized carbons (Fsp3) is 0.800. The van der Waals surface area contributed by atoms with Crippen LogP contribution in [0.15, 0.2) is 0 Å². The van der Waals surface area contributed by atoms with Crippen LogP contribution in [-0.4, -0.2) is 75.5 Å². The van der Waals surface area contributed by atoms with Crippen LogP contribution in [0.1, 0.15) is 36.4 Å². The van der Waals surface area contributed by atoms with Gasteiger partial charge in [0.15, 0.2) is 0 Å². The summed E-state index contributed by atoms with van der Waals surface area (Å²) < 4.78 is 4.09. The molecule has 2 bridgehead atoms. The Hall–Kier alpha value is -1.05. The Bertz CT molecular complexity index is 554. The molecule has 0 radical (unpaired) electrons. The van der Waals surface area contributed by atoms with Crippen molar-refractivity contribution in [2.75, 3.05) is 39.3 Å². The highest BCUT2D eigenvalue weighted by molar-refractivity contribution is 7.05. The number of aromatic nitrogens is 2. The molecule has 2 atom stereocenters. The van der Waals surface area contributed by atoms with E-state index in [1.165, 1.54) is 16.4 Å². The maximum Gasteiger partial charge on any atom is 0.237 e. The van der Waals surface area contributed by atoms with Gasteiger partial charge in [0, 0.05) is 38.6 Å². The molecule has 0 saturated carbocycles. The molecule has 4 heterocycles. The van der Waals surface area contributed by atoms with Gasteiger partial charge in [-0.05, 0) is 30.9 Å². The van der Waals surface area contributed by atoms with Crippen molar-refractivity contribution in [3.05, 3.63) is 10.6 Å². The van der Waals surface area contributed by atoms with Crippen LogP contribution in [0.25, 0.3) is 0 Å². The molecule has 2 saturated heterocycles. The maximum absolute atomic E-state index is 12.8. The van der Waals surface area contributed by atoms with Crippen LogP contribution in [0.2, 0.25) is 0 Å². The van der Waals surface area contributed by atoms with Crippen LogP contribution in [0.4, 0.5) is 0 Å². The van der Waals surface area contributed by atoms with Crippen LogP contribution >= 0.6 is 11.5 Å². The molecule has 4 rings (SSSR count). The number of nitrogens with zero attached hydrogens (tertiary/aromatic N) is 5. The standard InChI is InChI=1S/C15H23N5OS/c1-2-18-5-7-19(8-6-18)10-14(21)20-11-3-4-13(20)15-12(9-11)16-17-22-15/h11,13H,2-10H2,1H3/t11-,13+/m0/s1. The Labute approximate surface area is 135 Å². The van der Waals surface area contributed by atoms with Gasteiger partial charge in [-0.3, -0.25) is 9.69 Å². The summed E-state index contributed by atoms with van der Waals surface area (Å²) in [6.07, 6.45) is 3.09. The predicted molar refractivity (Wildman–Crippen MR) is 84.8 cm³/mol. The minimum absolute atomic E-state index is 0.248. The van der Waals surface area contributed by atoms with Gasteiger partial charge < -0.3 is 9.80 Å². The smallest absolute Gasteiger partial charge is 0.237 e. The normalized spacial score (nSPS) is 28.9. The van der Waals surface area contributed by atoms with E-state index in [1.54, 1.807) is 0 Å². The molecule has 0 aliphatic carbocycles. The molecular formula is C15H23N5OS. The molecule has 1 aromatic heterocycles. The van der Waals surface area contributed by atoms with Gasteiger partial charge in [0.25, 0.3) is 0 Å². The summed E-state index contributed by atoms with van der Waals surface area (Å²) in [7, 11) is 0. The van der Waals surface area contributed by atoms with Crippen molar-refractivity contribution >= 4 is 17.4 Å². The van der Waals surface area contributed by atoms with Gasteiger partial charge in [-0.25, -0.2) is 0 Å². The largest absolute Gasteiger partial charge is 0.330 e. The van der Waals surface area contributed by atoms with Crippen molar-refractivity contribution in [3.63, 3.8) is 0 Å². The van der Waals surface area contributed by atoms with Gasteiger partial charge in [0.2, 0.25) is 5.91 Å². The van der Waals surface area contributed by atoms with E-state index in [-0.39, 0.29) is 6.04 Å². The summed E-state index contributed by atoms with van der Waals surface area (Å²) in [6.45, 7) is 8.07. The minimum atomic E-state index is 0.248. The van der Waals surface area contributed by atoms with Crippen molar-refractivity contribution < 1.29 is 4.79 Å². The van der Waals surface area contributed by atoms with Crippen molar-refractivity contribution in [1.82, 2.24) is 24.3 Å². The molecule has 1 aromatic rings. The average Bonchev–Trinajstić information content (AvgIpc) is 3.13. The van der Waals surface area contributed by atoms with E-state index in [0.29, 0.717) is 18.5 Å². The molecule has 7 heteroatoms. The van der Waals surface area contributed by atoms with Gasteiger partial charge in [-0.2, -0.15) is 0 Å². The Morgan fingerprint density at radius 2 is 2.00 bits per heavy atom. The Balaban J connectivity index is 1.42. The topological polar surface area (TPSA) is 52.6 Å². The molecular weight excluding hydrogens is 298 g/mol. The van der Waals surface area contributed by atoms with Crippen molar-refractivity contribution in [2.24, 2.45) is 0 Å². The number of amides is 1. The molecule has 0 unspecified atom stereocenters. The zero-order valence-corrected chi connectivity index (χ0v) is 13.9. The Morgan fingerprint density at radius 3 is 2.77 bits per heavy atom. The number of carbonyl (C=O) groups is 1. The highest BCUT2D eigenvalue weighted by Crippen LogP contribution is 2.44. The van der Waals surface area contributed by atoms with E-state index in [1.807, 2.05) is 0 Å².